The molecule has 0 bridgehead atoms. The molecule has 0 saturated heterocycles. The Hall–Kier alpha value is -5.44. The molecule has 7 aromatic carbocycles. The van der Waals surface area contributed by atoms with Gasteiger partial charge >= 0.3 is 0 Å². The third kappa shape index (κ3) is 2.80. The van der Waals surface area contributed by atoms with Gasteiger partial charge in [0, 0.05) is 30.9 Å². The van der Waals surface area contributed by atoms with Gasteiger partial charge in [-0.3, -0.25) is 0 Å². The maximum atomic E-state index is 2.54. The predicted octanol–water partition coefficient (Wildman–Crippen LogP) is 11.5. The first kappa shape index (κ1) is 23.9. The number of rotatable bonds is 1. The summed E-state index contributed by atoms with van der Waals surface area (Å²) in [5.41, 5.74) is 14.2. The summed E-state index contributed by atoms with van der Waals surface area (Å²) in [6.07, 6.45) is 0. The molecule has 2 aliphatic rings. The van der Waals surface area contributed by atoms with Gasteiger partial charge in [0.25, 0.3) is 0 Å². The van der Waals surface area contributed by atoms with E-state index in [0.29, 0.717) is 0 Å². The number of benzene rings is 7. The molecule has 11 rings (SSSR count). The van der Waals surface area contributed by atoms with Gasteiger partial charge in [-0.15, -0.1) is 11.3 Å². The monoisotopic (exact) mass is 587 g/mol. The molecule has 0 radical (unpaired) electrons. The summed E-state index contributed by atoms with van der Waals surface area (Å²) >= 11 is 1.90. The van der Waals surface area contributed by atoms with Crippen molar-refractivity contribution in [1.29, 1.82) is 0 Å². The van der Waals surface area contributed by atoms with Gasteiger partial charge in [-0.2, -0.15) is 0 Å². The molecule has 208 valence electrons. The summed E-state index contributed by atoms with van der Waals surface area (Å²) in [4.78, 5) is 0. The molecule has 0 N–H and O–H groups in total. The third-order valence-electron chi connectivity index (χ3n) is 10.4. The number of fused-ring (bicyclic) bond motifs is 15. The van der Waals surface area contributed by atoms with Gasteiger partial charge in [-0.25, -0.2) is 0 Å². The van der Waals surface area contributed by atoms with E-state index in [-0.39, 0.29) is 5.41 Å². The van der Waals surface area contributed by atoms with Crippen LogP contribution in [0.25, 0.3) is 69.9 Å². The van der Waals surface area contributed by atoms with Crippen molar-refractivity contribution in [3.05, 3.63) is 174 Å². The molecule has 1 spiro atoms. The standard InChI is InChI=1S/C43H25NS/c1-4-17-34-28(11-1)29-12-2-5-18-35(29)43(34)36-19-6-7-21-39(36)44-38-24-23-26(25-33(38)31-15-10-20-37(43)41(31)44)27-14-9-16-32-30-13-3-8-22-40(30)45-42(27)32/h1-25H. The van der Waals surface area contributed by atoms with Gasteiger partial charge in [-0.05, 0) is 68.8 Å². The molecule has 1 aliphatic heterocycles. The third-order valence-corrected chi connectivity index (χ3v) is 11.6. The van der Waals surface area contributed by atoms with E-state index in [1.54, 1.807) is 0 Å². The fraction of sp³-hybridized carbons (Fsp3) is 0.0233. The molecule has 2 aromatic heterocycles. The van der Waals surface area contributed by atoms with Crippen LogP contribution in [0.15, 0.2) is 152 Å². The van der Waals surface area contributed by atoms with Gasteiger partial charge in [0.1, 0.15) is 0 Å². The van der Waals surface area contributed by atoms with Crippen molar-refractivity contribution in [1.82, 2.24) is 4.57 Å². The second-order valence-electron chi connectivity index (χ2n) is 12.4. The summed E-state index contributed by atoms with van der Waals surface area (Å²) < 4.78 is 5.23. The van der Waals surface area contributed by atoms with E-state index in [0.717, 1.165) is 0 Å². The minimum absolute atomic E-state index is 0.376. The molecule has 3 heterocycles. The van der Waals surface area contributed by atoms with E-state index in [1.165, 1.54) is 92.2 Å². The zero-order valence-corrected chi connectivity index (χ0v) is 25.1. The Balaban J connectivity index is 1.27. The molecule has 9 aromatic rings. The second kappa shape index (κ2) is 8.38. The highest BCUT2D eigenvalue weighted by Crippen LogP contribution is 2.61. The number of para-hydroxylation sites is 2. The maximum absolute atomic E-state index is 2.54. The minimum Gasteiger partial charge on any atom is -0.309 e. The molecule has 0 saturated carbocycles. The highest BCUT2D eigenvalue weighted by molar-refractivity contribution is 7.26. The molecule has 0 amide bonds. The van der Waals surface area contributed by atoms with Crippen LogP contribution < -0.4 is 0 Å². The van der Waals surface area contributed by atoms with Gasteiger partial charge in [0.15, 0.2) is 0 Å². The highest BCUT2D eigenvalue weighted by atomic mass is 32.1. The van der Waals surface area contributed by atoms with Gasteiger partial charge < -0.3 is 4.57 Å². The Morgan fingerprint density at radius 3 is 1.91 bits per heavy atom. The molecule has 0 unspecified atom stereocenters. The van der Waals surface area contributed by atoms with Crippen molar-refractivity contribution >= 4 is 53.3 Å². The maximum Gasteiger partial charge on any atom is 0.0754 e. The number of nitrogens with zero attached hydrogens (tertiary/aromatic N) is 1. The van der Waals surface area contributed by atoms with Crippen molar-refractivity contribution in [3.8, 4) is 27.9 Å². The molecule has 1 aliphatic carbocycles. The topological polar surface area (TPSA) is 4.93 Å². The van der Waals surface area contributed by atoms with Crippen LogP contribution in [0.4, 0.5) is 0 Å². The van der Waals surface area contributed by atoms with Crippen LogP contribution in [0.5, 0.6) is 0 Å². The van der Waals surface area contributed by atoms with E-state index >= 15 is 0 Å². The second-order valence-corrected chi connectivity index (χ2v) is 13.5. The largest absolute Gasteiger partial charge is 0.309 e. The Bertz CT molecular complexity index is 2670. The van der Waals surface area contributed by atoms with Gasteiger partial charge in [-0.1, -0.05) is 127 Å². The first-order chi connectivity index (χ1) is 22.3. The van der Waals surface area contributed by atoms with E-state index in [9.17, 15) is 0 Å². The minimum atomic E-state index is -0.376. The lowest BCUT2D eigenvalue weighted by atomic mass is 9.65. The molecule has 1 nitrogen and oxygen atoms in total. The fourth-order valence-corrected chi connectivity index (χ4v) is 9.95. The van der Waals surface area contributed by atoms with Crippen molar-refractivity contribution in [2.45, 2.75) is 5.41 Å². The Morgan fingerprint density at radius 1 is 0.444 bits per heavy atom. The average molecular weight is 588 g/mol. The molecular weight excluding hydrogens is 563 g/mol. The van der Waals surface area contributed by atoms with Crippen LogP contribution in [0.2, 0.25) is 0 Å². The van der Waals surface area contributed by atoms with Crippen LogP contribution in [0.1, 0.15) is 22.3 Å². The molecular formula is C43H25NS. The van der Waals surface area contributed by atoms with Crippen LogP contribution in [-0.2, 0) is 5.41 Å². The van der Waals surface area contributed by atoms with E-state index in [2.05, 4.69) is 156 Å². The normalized spacial score (nSPS) is 14.0. The number of aromatic nitrogens is 1. The zero-order valence-electron chi connectivity index (χ0n) is 24.3. The summed E-state index contributed by atoms with van der Waals surface area (Å²) in [6.45, 7) is 0. The lowest BCUT2D eigenvalue weighted by molar-refractivity contribution is 0.748. The first-order valence-electron chi connectivity index (χ1n) is 15.6. The Morgan fingerprint density at radius 2 is 1.07 bits per heavy atom. The highest BCUT2D eigenvalue weighted by Gasteiger charge is 2.50. The van der Waals surface area contributed by atoms with Crippen molar-refractivity contribution < 1.29 is 0 Å². The fourth-order valence-electron chi connectivity index (χ4n) is 8.71. The lowest BCUT2D eigenvalue weighted by Gasteiger charge is -2.39. The van der Waals surface area contributed by atoms with Crippen LogP contribution in [0, 0.1) is 0 Å². The van der Waals surface area contributed by atoms with Crippen LogP contribution in [-0.4, -0.2) is 4.57 Å². The number of hydrogen-bond acceptors (Lipinski definition) is 1. The zero-order chi connectivity index (χ0) is 29.3. The van der Waals surface area contributed by atoms with E-state index < -0.39 is 0 Å². The summed E-state index contributed by atoms with van der Waals surface area (Å²) in [7, 11) is 0. The lowest BCUT2D eigenvalue weighted by Crippen LogP contribution is -2.33. The van der Waals surface area contributed by atoms with Crippen molar-refractivity contribution in [2.24, 2.45) is 0 Å². The smallest absolute Gasteiger partial charge is 0.0754 e. The van der Waals surface area contributed by atoms with E-state index in [4.69, 9.17) is 0 Å². The summed E-state index contributed by atoms with van der Waals surface area (Å²) in [5.74, 6) is 0. The predicted molar refractivity (Wildman–Crippen MR) is 190 cm³/mol. The number of thiophene rings is 1. The van der Waals surface area contributed by atoms with Crippen LogP contribution >= 0.6 is 11.3 Å². The Labute approximate surface area is 264 Å². The molecule has 0 fully saturated rings. The molecule has 0 atom stereocenters. The quantitative estimate of drug-likeness (QED) is 0.180. The van der Waals surface area contributed by atoms with Gasteiger partial charge in [0.2, 0.25) is 0 Å². The number of hydrogen-bond donors (Lipinski definition) is 0. The van der Waals surface area contributed by atoms with Gasteiger partial charge in [0.05, 0.1) is 22.1 Å². The molecule has 45 heavy (non-hydrogen) atoms. The Kier molecular flexibility index (Phi) is 4.46. The first-order valence-corrected chi connectivity index (χ1v) is 16.4. The van der Waals surface area contributed by atoms with Crippen LogP contribution in [0.3, 0.4) is 0 Å². The summed E-state index contributed by atoms with van der Waals surface area (Å²) in [6, 6.07) is 56.8. The van der Waals surface area contributed by atoms with Crippen molar-refractivity contribution in [3.63, 3.8) is 0 Å². The molecule has 2 heteroatoms. The average Bonchev–Trinajstić information content (AvgIpc) is 3.75. The van der Waals surface area contributed by atoms with Crippen molar-refractivity contribution in [2.75, 3.05) is 0 Å². The SMILES string of the molecule is c1ccc2c(c1)-c1ccccc1C21c2ccccc2-n2c3ccc(-c4cccc5c4sc4ccccc45)cc3c3cccc1c32. The summed E-state index contributed by atoms with van der Waals surface area (Å²) in [5, 5.41) is 5.29. The van der Waals surface area contributed by atoms with E-state index in [1.807, 2.05) is 11.3 Å².